The molecule has 4 saturated carbocycles. The van der Waals surface area contributed by atoms with Gasteiger partial charge in [0, 0.05) is 19.9 Å². The molecule has 1 aromatic heterocycles. The van der Waals surface area contributed by atoms with Crippen LogP contribution in [0.25, 0.3) is 0 Å². The van der Waals surface area contributed by atoms with Gasteiger partial charge >= 0.3 is 0 Å². The van der Waals surface area contributed by atoms with E-state index in [-0.39, 0.29) is 0 Å². The summed E-state index contributed by atoms with van der Waals surface area (Å²) in [5.41, 5.74) is 6.17. The Balaban J connectivity index is 1.56. The van der Waals surface area contributed by atoms with Crippen molar-refractivity contribution >= 4 is 0 Å². The second kappa shape index (κ2) is 4.55. The molecular weight excluding hydrogens is 248 g/mol. The molecule has 0 radical (unpaired) electrons. The summed E-state index contributed by atoms with van der Waals surface area (Å²) in [6.07, 6.45) is 10.8. The van der Waals surface area contributed by atoms with Crippen LogP contribution in [0, 0.1) is 23.2 Å². The van der Waals surface area contributed by atoms with Gasteiger partial charge in [-0.25, -0.2) is 4.98 Å². The molecule has 0 saturated heterocycles. The van der Waals surface area contributed by atoms with Gasteiger partial charge < -0.3 is 5.73 Å². The van der Waals surface area contributed by atoms with Crippen molar-refractivity contribution in [1.82, 2.24) is 14.8 Å². The van der Waals surface area contributed by atoms with E-state index in [1.54, 1.807) is 0 Å². The van der Waals surface area contributed by atoms with Crippen molar-refractivity contribution < 1.29 is 0 Å². The Bertz CT molecular complexity index is 469. The Hall–Kier alpha value is -0.900. The van der Waals surface area contributed by atoms with Gasteiger partial charge in [0.2, 0.25) is 0 Å². The van der Waals surface area contributed by atoms with E-state index in [1.807, 2.05) is 11.7 Å². The van der Waals surface area contributed by atoms with Crippen LogP contribution in [0.15, 0.2) is 0 Å². The number of nitrogens with two attached hydrogens (primary N) is 1. The van der Waals surface area contributed by atoms with Crippen molar-refractivity contribution in [2.24, 2.45) is 36.0 Å². The smallest absolute Gasteiger partial charge is 0.152 e. The van der Waals surface area contributed by atoms with Crippen molar-refractivity contribution in [2.75, 3.05) is 6.54 Å². The first-order chi connectivity index (χ1) is 9.66. The molecule has 0 spiro atoms. The minimum Gasteiger partial charge on any atom is -0.330 e. The molecule has 0 aliphatic heterocycles. The average Bonchev–Trinajstić information content (AvgIpc) is 2.67. The molecule has 1 heterocycles. The fourth-order valence-corrected chi connectivity index (χ4v) is 5.71. The largest absolute Gasteiger partial charge is 0.330 e. The molecule has 0 atom stereocenters. The third kappa shape index (κ3) is 2.09. The number of hydrogen-bond donors (Lipinski definition) is 1. The molecule has 0 aromatic carbocycles. The molecule has 0 unspecified atom stereocenters. The van der Waals surface area contributed by atoms with Crippen LogP contribution in [0.5, 0.6) is 0 Å². The maximum absolute atomic E-state index is 5.62. The van der Waals surface area contributed by atoms with E-state index < -0.39 is 0 Å². The Morgan fingerprint density at radius 2 is 1.75 bits per heavy atom. The minimum absolute atomic E-state index is 0.551. The van der Waals surface area contributed by atoms with Crippen molar-refractivity contribution in [3.63, 3.8) is 0 Å². The second-order valence-corrected chi connectivity index (χ2v) is 7.70. The fourth-order valence-electron chi connectivity index (χ4n) is 5.71. The van der Waals surface area contributed by atoms with Crippen molar-refractivity contribution in [3.8, 4) is 0 Å². The molecule has 20 heavy (non-hydrogen) atoms. The van der Waals surface area contributed by atoms with E-state index in [0.29, 0.717) is 12.0 Å². The molecule has 2 N–H and O–H groups in total. The third-order valence-electron chi connectivity index (χ3n) is 5.96. The maximum Gasteiger partial charge on any atom is 0.152 e. The number of nitrogens with zero attached hydrogens (tertiary/aromatic N) is 3. The first-order valence-corrected chi connectivity index (χ1v) is 8.25. The molecule has 4 fully saturated rings. The highest BCUT2D eigenvalue weighted by Gasteiger charge is 2.51. The lowest BCUT2D eigenvalue weighted by molar-refractivity contribution is -0.0535. The highest BCUT2D eigenvalue weighted by molar-refractivity contribution is 5.06. The van der Waals surface area contributed by atoms with Gasteiger partial charge in [-0.3, -0.25) is 4.68 Å². The lowest BCUT2D eigenvalue weighted by atomic mass is 9.49. The topological polar surface area (TPSA) is 56.7 Å². The van der Waals surface area contributed by atoms with Gasteiger partial charge in [0.25, 0.3) is 0 Å². The summed E-state index contributed by atoms with van der Waals surface area (Å²) >= 11 is 0. The van der Waals surface area contributed by atoms with E-state index in [0.717, 1.165) is 36.4 Å². The predicted molar refractivity (Wildman–Crippen MR) is 78.1 cm³/mol. The van der Waals surface area contributed by atoms with Gasteiger partial charge in [-0.15, -0.1) is 0 Å². The Kier molecular flexibility index (Phi) is 2.92. The highest BCUT2D eigenvalue weighted by atomic mass is 15.3. The zero-order valence-corrected chi connectivity index (χ0v) is 12.5. The van der Waals surface area contributed by atoms with Gasteiger partial charge in [0.1, 0.15) is 5.82 Å². The maximum atomic E-state index is 5.62. The van der Waals surface area contributed by atoms with Crippen LogP contribution >= 0.6 is 0 Å². The Labute approximate surface area is 121 Å². The van der Waals surface area contributed by atoms with Gasteiger partial charge in [0.05, 0.1) is 0 Å². The number of aryl methyl sites for hydroxylation is 1. The zero-order chi connectivity index (χ0) is 13.7. The first kappa shape index (κ1) is 12.8. The van der Waals surface area contributed by atoms with Crippen LogP contribution in [0.4, 0.5) is 0 Å². The Morgan fingerprint density at radius 3 is 2.30 bits per heavy atom. The number of hydrogen-bond acceptors (Lipinski definition) is 3. The third-order valence-corrected chi connectivity index (χ3v) is 5.96. The molecule has 4 aliphatic carbocycles. The minimum atomic E-state index is 0.551. The molecule has 5 rings (SSSR count). The van der Waals surface area contributed by atoms with Gasteiger partial charge in [-0.1, -0.05) is 0 Å². The van der Waals surface area contributed by atoms with Crippen molar-refractivity contribution in [1.29, 1.82) is 0 Å². The number of aromatic nitrogens is 3. The summed E-state index contributed by atoms with van der Waals surface area (Å²) in [6.45, 7) is 0.640. The molecule has 1 aromatic rings. The summed E-state index contributed by atoms with van der Waals surface area (Å²) in [4.78, 5) is 4.75. The molecule has 4 heteroatoms. The standard InChI is InChI=1S/C16H26N4/c1-20-15(18-14(19-20)2-3-17)10-16-7-11-4-12(8-16)6-13(5-11)9-16/h11-13H,2-10,17H2,1H3. The molecule has 0 amide bonds. The molecule has 4 bridgehead atoms. The van der Waals surface area contributed by atoms with Gasteiger partial charge in [0.15, 0.2) is 5.82 Å². The quantitative estimate of drug-likeness (QED) is 0.914. The molecule has 4 nitrogen and oxygen atoms in total. The van der Waals surface area contributed by atoms with E-state index in [9.17, 15) is 0 Å². The SMILES string of the molecule is Cn1nc(CCN)nc1CC12CC3CC(CC(C3)C1)C2. The highest BCUT2D eigenvalue weighted by Crippen LogP contribution is 2.60. The van der Waals surface area contributed by atoms with Crippen LogP contribution in [0.1, 0.15) is 50.2 Å². The lowest BCUT2D eigenvalue weighted by Gasteiger charge is -2.56. The van der Waals surface area contributed by atoms with E-state index in [4.69, 9.17) is 10.7 Å². The van der Waals surface area contributed by atoms with E-state index >= 15 is 0 Å². The second-order valence-electron chi connectivity index (χ2n) is 7.70. The summed E-state index contributed by atoms with van der Waals surface area (Å²) in [7, 11) is 2.04. The van der Waals surface area contributed by atoms with Crippen LogP contribution in [0.2, 0.25) is 0 Å². The predicted octanol–water partition coefficient (Wildman–Crippen LogP) is 2.08. The monoisotopic (exact) mass is 274 g/mol. The van der Waals surface area contributed by atoms with Crippen LogP contribution < -0.4 is 5.73 Å². The summed E-state index contributed by atoms with van der Waals surface area (Å²) in [5, 5.41) is 4.52. The van der Waals surface area contributed by atoms with Crippen LogP contribution in [0.3, 0.4) is 0 Å². The van der Waals surface area contributed by atoms with Crippen molar-refractivity contribution in [2.45, 2.75) is 51.4 Å². The molecule has 4 aliphatic rings. The average molecular weight is 274 g/mol. The normalized spacial score (nSPS) is 38.6. The van der Waals surface area contributed by atoms with Gasteiger partial charge in [-0.2, -0.15) is 5.10 Å². The summed E-state index contributed by atoms with van der Waals surface area (Å²) < 4.78 is 2.00. The van der Waals surface area contributed by atoms with E-state index in [2.05, 4.69) is 5.10 Å². The van der Waals surface area contributed by atoms with Crippen LogP contribution in [-0.4, -0.2) is 21.3 Å². The van der Waals surface area contributed by atoms with Crippen molar-refractivity contribution in [3.05, 3.63) is 11.6 Å². The van der Waals surface area contributed by atoms with E-state index in [1.165, 1.54) is 44.3 Å². The lowest BCUT2D eigenvalue weighted by Crippen LogP contribution is -2.47. The van der Waals surface area contributed by atoms with Gasteiger partial charge in [-0.05, 0) is 68.2 Å². The summed E-state index contributed by atoms with van der Waals surface area (Å²) in [6, 6.07) is 0. The fraction of sp³-hybridized carbons (Fsp3) is 0.875. The first-order valence-electron chi connectivity index (χ1n) is 8.25. The van der Waals surface area contributed by atoms with Crippen LogP contribution in [-0.2, 0) is 19.9 Å². The zero-order valence-electron chi connectivity index (χ0n) is 12.5. The Morgan fingerprint density at radius 1 is 1.15 bits per heavy atom. The summed E-state index contributed by atoms with van der Waals surface area (Å²) in [5.74, 6) is 5.15. The number of rotatable bonds is 4. The molecular formula is C16H26N4. The molecule has 110 valence electrons.